The molecule has 1 saturated carbocycles. The Morgan fingerprint density at radius 3 is 2.29 bits per heavy atom. The number of halogens is 1. The molecule has 0 radical (unpaired) electrons. The zero-order chi connectivity index (χ0) is 30.1. The van der Waals surface area contributed by atoms with Crippen LogP contribution in [0.4, 0.5) is 10.1 Å². The topological polar surface area (TPSA) is 86.8 Å². The van der Waals surface area contributed by atoms with Gasteiger partial charge in [-0.3, -0.25) is 13.9 Å². The molecule has 1 unspecified atom stereocenters. The third-order valence-corrected chi connectivity index (χ3v) is 8.86. The monoisotopic (exact) mass is 593 g/mol. The molecule has 0 bridgehead atoms. The lowest BCUT2D eigenvalue weighted by atomic mass is 10.0. The number of benzene rings is 3. The van der Waals surface area contributed by atoms with Crippen molar-refractivity contribution >= 4 is 27.5 Å². The summed E-state index contributed by atoms with van der Waals surface area (Å²) in [4.78, 5) is 29.4. The number of para-hydroxylation sites is 1. The highest BCUT2D eigenvalue weighted by Gasteiger charge is 2.32. The van der Waals surface area contributed by atoms with Gasteiger partial charge in [0.15, 0.2) is 0 Å². The molecule has 0 saturated heterocycles. The van der Waals surface area contributed by atoms with Gasteiger partial charge in [0.1, 0.15) is 11.9 Å². The Morgan fingerprint density at radius 1 is 0.952 bits per heavy atom. The van der Waals surface area contributed by atoms with Gasteiger partial charge < -0.3 is 10.2 Å². The number of sulfonamides is 1. The number of amides is 2. The van der Waals surface area contributed by atoms with Crippen LogP contribution in [0.15, 0.2) is 78.9 Å². The summed E-state index contributed by atoms with van der Waals surface area (Å²) >= 11 is 0. The molecule has 1 atom stereocenters. The minimum Gasteiger partial charge on any atom is -0.352 e. The van der Waals surface area contributed by atoms with Crippen LogP contribution >= 0.6 is 0 Å². The van der Waals surface area contributed by atoms with E-state index in [9.17, 15) is 22.4 Å². The highest BCUT2D eigenvalue weighted by atomic mass is 32.2. The molecule has 1 aliphatic rings. The molecule has 7 nitrogen and oxygen atoms in total. The largest absolute Gasteiger partial charge is 0.352 e. The predicted molar refractivity (Wildman–Crippen MR) is 164 cm³/mol. The first-order chi connectivity index (χ1) is 20.1. The smallest absolute Gasteiger partial charge is 0.243 e. The van der Waals surface area contributed by atoms with Crippen LogP contribution in [0.2, 0.25) is 0 Å². The number of aryl methyl sites for hydroxylation is 1. The first kappa shape index (κ1) is 31.2. The molecule has 0 aliphatic heterocycles. The molecule has 224 valence electrons. The maximum atomic E-state index is 14.5. The van der Waals surface area contributed by atoms with Crippen LogP contribution in [-0.4, -0.2) is 50.0 Å². The first-order valence-electron chi connectivity index (χ1n) is 14.5. The van der Waals surface area contributed by atoms with Crippen LogP contribution in [0.5, 0.6) is 0 Å². The fourth-order valence-electron chi connectivity index (χ4n) is 5.57. The molecule has 2 amide bonds. The van der Waals surface area contributed by atoms with E-state index in [4.69, 9.17) is 0 Å². The average Bonchev–Trinajstić information content (AvgIpc) is 3.46. The van der Waals surface area contributed by atoms with Gasteiger partial charge in [0.05, 0.1) is 11.9 Å². The van der Waals surface area contributed by atoms with E-state index in [0.717, 1.165) is 52.9 Å². The van der Waals surface area contributed by atoms with E-state index >= 15 is 0 Å². The van der Waals surface area contributed by atoms with E-state index in [1.165, 1.54) is 18.2 Å². The van der Waals surface area contributed by atoms with Gasteiger partial charge in [-0.25, -0.2) is 12.8 Å². The number of anilines is 1. The SMILES string of the molecule is Cc1cccc(CN(C(=O)CCCN(c2ccccc2F)S(C)(=O)=O)C(Cc2ccccc2)C(=O)NC2CCCC2)c1. The molecule has 9 heteroatoms. The minimum atomic E-state index is -3.79. The number of hydrogen-bond donors (Lipinski definition) is 1. The number of carbonyl (C=O) groups is 2. The summed E-state index contributed by atoms with van der Waals surface area (Å²) in [6.07, 6.45) is 5.51. The van der Waals surface area contributed by atoms with E-state index < -0.39 is 21.9 Å². The molecule has 1 N–H and O–H groups in total. The highest BCUT2D eigenvalue weighted by molar-refractivity contribution is 7.92. The summed E-state index contributed by atoms with van der Waals surface area (Å²) in [6, 6.07) is 22.5. The first-order valence-corrected chi connectivity index (χ1v) is 16.4. The van der Waals surface area contributed by atoms with Crippen molar-refractivity contribution in [2.24, 2.45) is 0 Å². The zero-order valence-electron chi connectivity index (χ0n) is 24.3. The highest BCUT2D eigenvalue weighted by Crippen LogP contribution is 2.24. The summed E-state index contributed by atoms with van der Waals surface area (Å²) in [5.74, 6) is -1.10. The lowest BCUT2D eigenvalue weighted by Gasteiger charge is -2.33. The van der Waals surface area contributed by atoms with Crippen molar-refractivity contribution in [3.63, 3.8) is 0 Å². The quantitative estimate of drug-likeness (QED) is 0.288. The molecule has 3 aromatic carbocycles. The van der Waals surface area contributed by atoms with Crippen LogP contribution in [-0.2, 0) is 32.6 Å². The third-order valence-electron chi connectivity index (χ3n) is 7.68. The Hall–Kier alpha value is -3.72. The van der Waals surface area contributed by atoms with E-state index in [2.05, 4.69) is 5.32 Å². The molecule has 0 aromatic heterocycles. The Kier molecular flexibility index (Phi) is 10.7. The van der Waals surface area contributed by atoms with Crippen molar-refractivity contribution in [1.82, 2.24) is 10.2 Å². The van der Waals surface area contributed by atoms with Crippen LogP contribution in [0, 0.1) is 12.7 Å². The number of rotatable bonds is 13. The molecule has 0 heterocycles. The van der Waals surface area contributed by atoms with Crippen molar-refractivity contribution < 1.29 is 22.4 Å². The van der Waals surface area contributed by atoms with E-state index in [-0.39, 0.29) is 49.5 Å². The van der Waals surface area contributed by atoms with Gasteiger partial charge in [-0.2, -0.15) is 0 Å². The molecule has 42 heavy (non-hydrogen) atoms. The molecule has 0 spiro atoms. The van der Waals surface area contributed by atoms with Crippen molar-refractivity contribution in [3.05, 3.63) is 101 Å². The standard InChI is InChI=1S/C33H40FN3O4S/c1-25-12-10-15-27(22-25)24-36(31(23-26-13-4-3-5-14-26)33(39)35-28-16-6-7-17-28)32(38)20-11-21-37(42(2,40)41)30-19-9-8-18-29(30)34/h3-5,8-10,12-15,18-19,22,28,31H,6-7,11,16-17,20-21,23-24H2,1-2H3,(H,35,39). The number of nitrogens with zero attached hydrogens (tertiary/aromatic N) is 2. The summed E-state index contributed by atoms with van der Waals surface area (Å²) in [7, 11) is -3.79. The second kappa shape index (κ2) is 14.4. The Morgan fingerprint density at radius 2 is 1.62 bits per heavy atom. The maximum absolute atomic E-state index is 14.5. The zero-order valence-corrected chi connectivity index (χ0v) is 25.2. The van der Waals surface area contributed by atoms with Crippen molar-refractivity contribution in [2.75, 3.05) is 17.1 Å². The second-order valence-corrected chi connectivity index (χ2v) is 13.0. The van der Waals surface area contributed by atoms with E-state index in [0.29, 0.717) is 6.42 Å². The Bertz CT molecular complexity index is 1460. The summed E-state index contributed by atoms with van der Waals surface area (Å²) in [6.45, 7) is 2.15. The van der Waals surface area contributed by atoms with Gasteiger partial charge in [-0.15, -0.1) is 0 Å². The van der Waals surface area contributed by atoms with Gasteiger partial charge in [0.25, 0.3) is 0 Å². The van der Waals surface area contributed by atoms with E-state index in [1.807, 2.05) is 61.5 Å². The van der Waals surface area contributed by atoms with E-state index in [1.54, 1.807) is 11.0 Å². The van der Waals surface area contributed by atoms with Gasteiger partial charge in [-0.05, 0) is 49.4 Å². The average molecular weight is 594 g/mol. The van der Waals surface area contributed by atoms with Crippen LogP contribution < -0.4 is 9.62 Å². The Balaban J connectivity index is 1.59. The van der Waals surface area contributed by atoms with Gasteiger partial charge >= 0.3 is 0 Å². The van der Waals surface area contributed by atoms with Crippen LogP contribution in [0.1, 0.15) is 55.2 Å². The lowest BCUT2D eigenvalue weighted by molar-refractivity contribution is -0.141. The summed E-state index contributed by atoms with van der Waals surface area (Å²) < 4.78 is 40.6. The maximum Gasteiger partial charge on any atom is 0.243 e. The summed E-state index contributed by atoms with van der Waals surface area (Å²) in [5, 5.41) is 3.19. The number of nitrogens with one attached hydrogen (secondary N) is 1. The van der Waals surface area contributed by atoms with Crippen molar-refractivity contribution in [2.45, 2.75) is 70.5 Å². The molecule has 1 aliphatic carbocycles. The van der Waals surface area contributed by atoms with Crippen LogP contribution in [0.25, 0.3) is 0 Å². The van der Waals surface area contributed by atoms with Gasteiger partial charge in [-0.1, -0.05) is 85.1 Å². The fourth-order valence-corrected chi connectivity index (χ4v) is 6.53. The Labute approximate surface area is 248 Å². The second-order valence-electron chi connectivity index (χ2n) is 11.1. The minimum absolute atomic E-state index is 0.00567. The normalized spacial score (nSPS) is 14.4. The summed E-state index contributed by atoms with van der Waals surface area (Å²) in [5.41, 5.74) is 2.83. The molecule has 4 rings (SSSR count). The molecular formula is C33H40FN3O4S. The van der Waals surface area contributed by atoms with Gasteiger partial charge in [0, 0.05) is 32.0 Å². The van der Waals surface area contributed by atoms with Crippen molar-refractivity contribution in [1.29, 1.82) is 0 Å². The number of hydrogen-bond acceptors (Lipinski definition) is 4. The molecule has 1 fully saturated rings. The number of carbonyl (C=O) groups excluding carboxylic acids is 2. The fraction of sp³-hybridized carbons (Fsp3) is 0.394. The van der Waals surface area contributed by atoms with Crippen molar-refractivity contribution in [3.8, 4) is 0 Å². The van der Waals surface area contributed by atoms with Crippen LogP contribution in [0.3, 0.4) is 0 Å². The molecular weight excluding hydrogens is 553 g/mol. The predicted octanol–water partition coefficient (Wildman–Crippen LogP) is 5.38. The van der Waals surface area contributed by atoms with Gasteiger partial charge in [0.2, 0.25) is 21.8 Å². The molecule has 3 aromatic rings. The lowest BCUT2D eigenvalue weighted by Crippen LogP contribution is -2.52. The third kappa shape index (κ3) is 8.64.